The van der Waals surface area contributed by atoms with E-state index >= 15 is 0 Å². The molecule has 1 fully saturated rings. The third-order valence-corrected chi connectivity index (χ3v) is 6.35. The van der Waals surface area contributed by atoms with Crippen LogP contribution in [0.15, 0.2) is 52.4 Å². The number of phenolic OH excluding ortho intramolecular Hbond substituents is 1. The number of para-hydroxylation sites is 1. The Hall–Kier alpha value is -2.44. The summed E-state index contributed by atoms with van der Waals surface area (Å²) in [5, 5.41) is 11.4. The van der Waals surface area contributed by atoms with Crippen LogP contribution in [0.3, 0.4) is 0 Å². The SMILES string of the molecule is Cc1ccc(N2CCN(C3=NC(=O)C(=Cc4ccccc4O)S3)CC2)cc1Cl. The highest BCUT2D eigenvalue weighted by molar-refractivity contribution is 8.18. The number of halogens is 1. The Morgan fingerprint density at radius 1 is 1.11 bits per heavy atom. The molecule has 1 saturated heterocycles. The summed E-state index contributed by atoms with van der Waals surface area (Å²) in [6.07, 6.45) is 1.70. The van der Waals surface area contributed by atoms with Gasteiger partial charge in [-0.05, 0) is 48.5 Å². The molecule has 2 aromatic carbocycles. The molecule has 0 unspecified atom stereocenters. The smallest absolute Gasteiger partial charge is 0.286 e. The van der Waals surface area contributed by atoms with Crippen LogP contribution >= 0.6 is 23.4 Å². The van der Waals surface area contributed by atoms with Gasteiger partial charge < -0.3 is 14.9 Å². The van der Waals surface area contributed by atoms with Crippen LogP contribution in [0.1, 0.15) is 11.1 Å². The lowest BCUT2D eigenvalue weighted by molar-refractivity contribution is -0.113. The maximum absolute atomic E-state index is 12.3. The van der Waals surface area contributed by atoms with E-state index in [1.807, 2.05) is 25.1 Å². The highest BCUT2D eigenvalue weighted by atomic mass is 35.5. The maximum atomic E-state index is 12.3. The molecular weight excluding hydrogens is 394 g/mol. The molecule has 2 aliphatic heterocycles. The zero-order valence-electron chi connectivity index (χ0n) is 15.4. The zero-order chi connectivity index (χ0) is 19.7. The number of amides is 1. The van der Waals surface area contributed by atoms with Crippen molar-refractivity contribution in [1.29, 1.82) is 0 Å². The number of benzene rings is 2. The van der Waals surface area contributed by atoms with Gasteiger partial charge in [-0.25, -0.2) is 0 Å². The van der Waals surface area contributed by atoms with E-state index in [0.717, 1.165) is 47.6 Å². The van der Waals surface area contributed by atoms with Crippen LogP contribution < -0.4 is 4.90 Å². The summed E-state index contributed by atoms with van der Waals surface area (Å²) < 4.78 is 0. The average molecular weight is 414 g/mol. The fraction of sp³-hybridized carbons (Fsp3) is 0.238. The van der Waals surface area contributed by atoms with Crippen molar-refractivity contribution in [1.82, 2.24) is 4.90 Å². The normalized spacial score (nSPS) is 18.7. The first-order valence-electron chi connectivity index (χ1n) is 9.08. The van der Waals surface area contributed by atoms with Crippen molar-refractivity contribution in [3.8, 4) is 5.75 Å². The van der Waals surface area contributed by atoms with Crippen molar-refractivity contribution >= 4 is 46.2 Å². The molecular formula is C21H20ClN3O2S. The van der Waals surface area contributed by atoms with E-state index < -0.39 is 0 Å². The molecule has 0 aliphatic carbocycles. The van der Waals surface area contributed by atoms with E-state index in [4.69, 9.17) is 11.6 Å². The summed E-state index contributed by atoms with van der Waals surface area (Å²) in [5.74, 6) is -0.0989. The number of carbonyl (C=O) groups is 1. The Labute approximate surface area is 173 Å². The number of nitrogens with zero attached hydrogens (tertiary/aromatic N) is 3. The molecule has 0 aromatic heterocycles. The maximum Gasteiger partial charge on any atom is 0.286 e. The van der Waals surface area contributed by atoms with Crippen molar-refractivity contribution in [2.75, 3.05) is 31.1 Å². The Kier molecular flexibility index (Phi) is 5.33. The fourth-order valence-electron chi connectivity index (χ4n) is 3.22. The van der Waals surface area contributed by atoms with Crippen LogP contribution in [-0.2, 0) is 4.79 Å². The van der Waals surface area contributed by atoms with E-state index in [2.05, 4.69) is 20.9 Å². The molecule has 2 heterocycles. The Morgan fingerprint density at radius 3 is 2.54 bits per heavy atom. The Balaban J connectivity index is 1.41. The van der Waals surface area contributed by atoms with Crippen LogP contribution in [0.25, 0.3) is 6.08 Å². The predicted octanol–water partition coefficient (Wildman–Crippen LogP) is 4.15. The van der Waals surface area contributed by atoms with Crippen LogP contribution in [-0.4, -0.2) is 47.3 Å². The Morgan fingerprint density at radius 2 is 1.82 bits per heavy atom. The van der Waals surface area contributed by atoms with Gasteiger partial charge in [0.15, 0.2) is 5.17 Å². The highest BCUT2D eigenvalue weighted by Gasteiger charge is 2.28. The molecule has 1 amide bonds. The number of anilines is 1. The molecule has 2 aromatic rings. The third-order valence-electron chi connectivity index (χ3n) is 4.90. The van der Waals surface area contributed by atoms with Crippen LogP contribution in [0.2, 0.25) is 5.02 Å². The van der Waals surface area contributed by atoms with Crippen LogP contribution in [0.4, 0.5) is 5.69 Å². The summed E-state index contributed by atoms with van der Waals surface area (Å²) >= 11 is 7.62. The summed E-state index contributed by atoms with van der Waals surface area (Å²) in [5.41, 5.74) is 2.81. The lowest BCUT2D eigenvalue weighted by atomic mass is 10.2. The first-order valence-corrected chi connectivity index (χ1v) is 10.3. The van der Waals surface area contributed by atoms with Crippen molar-refractivity contribution in [2.24, 2.45) is 4.99 Å². The number of aryl methyl sites for hydroxylation is 1. The molecule has 5 nitrogen and oxygen atoms in total. The van der Waals surface area contributed by atoms with Gasteiger partial charge in [-0.1, -0.05) is 35.9 Å². The molecule has 0 radical (unpaired) electrons. The minimum Gasteiger partial charge on any atom is -0.507 e. The quantitative estimate of drug-likeness (QED) is 0.749. The molecule has 7 heteroatoms. The fourth-order valence-corrected chi connectivity index (χ4v) is 4.35. The monoisotopic (exact) mass is 413 g/mol. The highest BCUT2D eigenvalue weighted by Crippen LogP contribution is 2.33. The number of phenols is 1. The minimum atomic E-state index is -0.254. The van der Waals surface area contributed by atoms with E-state index in [9.17, 15) is 9.90 Å². The summed E-state index contributed by atoms with van der Waals surface area (Å²) in [4.78, 5) is 21.5. The van der Waals surface area contributed by atoms with Crippen LogP contribution in [0.5, 0.6) is 5.75 Å². The zero-order valence-corrected chi connectivity index (χ0v) is 17.0. The van der Waals surface area contributed by atoms with Gasteiger partial charge in [0, 0.05) is 42.5 Å². The first-order chi connectivity index (χ1) is 13.5. The van der Waals surface area contributed by atoms with Gasteiger partial charge in [0.05, 0.1) is 4.91 Å². The number of amidine groups is 1. The van der Waals surface area contributed by atoms with Crippen LogP contribution in [0, 0.1) is 6.92 Å². The summed E-state index contributed by atoms with van der Waals surface area (Å²) in [7, 11) is 0. The molecule has 28 heavy (non-hydrogen) atoms. The van der Waals surface area contributed by atoms with Crippen molar-refractivity contribution in [2.45, 2.75) is 6.92 Å². The number of piperazine rings is 1. The average Bonchev–Trinajstić information content (AvgIpc) is 3.06. The second-order valence-corrected chi connectivity index (χ2v) is 8.19. The van der Waals surface area contributed by atoms with Gasteiger partial charge in [0.1, 0.15) is 5.75 Å². The predicted molar refractivity (Wildman–Crippen MR) is 116 cm³/mol. The van der Waals surface area contributed by atoms with Gasteiger partial charge in [-0.15, -0.1) is 0 Å². The largest absolute Gasteiger partial charge is 0.507 e. The minimum absolute atomic E-state index is 0.155. The number of hydrogen-bond donors (Lipinski definition) is 1. The van der Waals surface area contributed by atoms with E-state index in [1.54, 1.807) is 24.3 Å². The topological polar surface area (TPSA) is 56.1 Å². The van der Waals surface area contributed by atoms with E-state index in [-0.39, 0.29) is 11.7 Å². The summed E-state index contributed by atoms with van der Waals surface area (Å²) in [6, 6.07) is 13.1. The molecule has 0 spiro atoms. The summed E-state index contributed by atoms with van der Waals surface area (Å²) in [6.45, 7) is 5.25. The van der Waals surface area contributed by atoms with Gasteiger partial charge in [0.25, 0.3) is 5.91 Å². The standard InChI is InChI=1S/C21H20ClN3O2S/c1-14-6-7-16(13-17(14)22)24-8-10-25(11-9-24)21-23-20(27)19(28-21)12-15-4-2-3-5-18(15)26/h2-7,12-13,26H,8-11H2,1H3. The molecule has 1 N–H and O–H groups in total. The first kappa shape index (κ1) is 18.9. The molecule has 4 rings (SSSR count). The molecule has 2 aliphatic rings. The van der Waals surface area contributed by atoms with Gasteiger partial charge in [-0.3, -0.25) is 4.79 Å². The number of hydrogen-bond acceptors (Lipinski definition) is 5. The molecule has 0 saturated carbocycles. The number of aliphatic imine (C=N–C) groups is 1. The number of thioether (sulfide) groups is 1. The van der Waals surface area contributed by atoms with Gasteiger partial charge in [0.2, 0.25) is 0 Å². The third kappa shape index (κ3) is 3.88. The van der Waals surface area contributed by atoms with E-state index in [0.29, 0.717) is 10.5 Å². The molecule has 0 atom stereocenters. The van der Waals surface area contributed by atoms with Crippen molar-refractivity contribution in [3.63, 3.8) is 0 Å². The van der Waals surface area contributed by atoms with E-state index in [1.165, 1.54) is 11.8 Å². The number of carbonyl (C=O) groups excluding carboxylic acids is 1. The molecule has 144 valence electrons. The Bertz CT molecular complexity index is 981. The number of aromatic hydroxyl groups is 1. The van der Waals surface area contributed by atoms with Crippen molar-refractivity contribution in [3.05, 3.63) is 63.5 Å². The van der Waals surface area contributed by atoms with Gasteiger partial charge >= 0.3 is 0 Å². The molecule has 0 bridgehead atoms. The lowest BCUT2D eigenvalue weighted by Crippen LogP contribution is -2.47. The van der Waals surface area contributed by atoms with Crippen molar-refractivity contribution < 1.29 is 9.90 Å². The second kappa shape index (κ2) is 7.89. The number of rotatable bonds is 2. The lowest BCUT2D eigenvalue weighted by Gasteiger charge is -2.36. The van der Waals surface area contributed by atoms with Gasteiger partial charge in [-0.2, -0.15) is 4.99 Å². The second-order valence-electron chi connectivity index (χ2n) is 6.78.